The van der Waals surface area contributed by atoms with E-state index in [4.69, 9.17) is 23.8 Å². The lowest BCUT2D eigenvalue weighted by atomic mass is 10.3. The fraction of sp³-hybridized carbons (Fsp3) is 0.333. The molecule has 6 heteroatoms. The van der Waals surface area contributed by atoms with Gasteiger partial charge in [0.15, 0.2) is 5.11 Å². The third-order valence-electron chi connectivity index (χ3n) is 2.19. The van der Waals surface area contributed by atoms with Crippen LogP contribution in [0.5, 0.6) is 0 Å². The van der Waals surface area contributed by atoms with Crippen molar-refractivity contribution >= 4 is 40.5 Å². The van der Waals surface area contributed by atoms with Gasteiger partial charge in [0.25, 0.3) is 0 Å². The molecule has 0 aliphatic rings. The maximum absolute atomic E-state index is 11.5. The summed E-state index contributed by atoms with van der Waals surface area (Å²) in [4.78, 5) is 11.5. The molecule has 1 amide bonds. The van der Waals surface area contributed by atoms with E-state index in [0.29, 0.717) is 16.7 Å². The molecule has 0 heterocycles. The van der Waals surface area contributed by atoms with Gasteiger partial charge in [-0.3, -0.25) is 4.79 Å². The zero-order valence-electron chi connectivity index (χ0n) is 10.3. The summed E-state index contributed by atoms with van der Waals surface area (Å²) in [6.07, 6.45) is 0. The third kappa shape index (κ3) is 4.89. The van der Waals surface area contributed by atoms with Gasteiger partial charge in [-0.2, -0.15) is 0 Å². The molecular weight excluding hydrogens is 270 g/mol. The van der Waals surface area contributed by atoms with Crippen molar-refractivity contribution < 1.29 is 4.79 Å². The monoisotopic (exact) mass is 285 g/mol. The number of anilines is 1. The van der Waals surface area contributed by atoms with Crippen LogP contribution in [-0.4, -0.2) is 23.6 Å². The molecule has 0 unspecified atom stereocenters. The van der Waals surface area contributed by atoms with E-state index in [2.05, 4.69) is 16.0 Å². The van der Waals surface area contributed by atoms with Crippen LogP contribution < -0.4 is 16.0 Å². The van der Waals surface area contributed by atoms with Crippen LogP contribution in [0.2, 0.25) is 5.02 Å². The summed E-state index contributed by atoms with van der Waals surface area (Å²) in [5.41, 5.74) is 0.819. The average Bonchev–Trinajstić information content (AvgIpc) is 2.32. The number of hydrogen-bond donors (Lipinski definition) is 3. The van der Waals surface area contributed by atoms with Gasteiger partial charge in [-0.25, -0.2) is 0 Å². The quantitative estimate of drug-likeness (QED) is 0.742. The van der Waals surface area contributed by atoms with Gasteiger partial charge in [0.2, 0.25) is 5.91 Å². The first-order valence-electron chi connectivity index (χ1n) is 5.63. The smallest absolute Gasteiger partial charge is 0.242 e. The highest BCUT2D eigenvalue weighted by molar-refractivity contribution is 7.80. The highest BCUT2D eigenvalue weighted by Crippen LogP contribution is 2.13. The molecule has 1 rings (SSSR count). The minimum Gasteiger partial charge on any atom is -0.355 e. The summed E-state index contributed by atoms with van der Waals surface area (Å²) in [5, 5.41) is 9.66. The van der Waals surface area contributed by atoms with Gasteiger partial charge in [-0.15, -0.1) is 0 Å². The van der Waals surface area contributed by atoms with Crippen LogP contribution in [0.4, 0.5) is 5.69 Å². The Kier molecular flexibility index (Phi) is 5.88. The first-order chi connectivity index (χ1) is 8.52. The number of halogens is 1. The molecule has 18 heavy (non-hydrogen) atoms. The Hall–Kier alpha value is -1.33. The molecule has 98 valence electrons. The first-order valence-corrected chi connectivity index (χ1v) is 6.42. The summed E-state index contributed by atoms with van der Waals surface area (Å²) < 4.78 is 0. The Morgan fingerprint density at radius 2 is 2.00 bits per heavy atom. The lowest BCUT2D eigenvalue weighted by Crippen LogP contribution is -2.46. The predicted octanol–water partition coefficient (Wildman–Crippen LogP) is 2.15. The third-order valence-corrected chi connectivity index (χ3v) is 2.67. The predicted molar refractivity (Wildman–Crippen MR) is 79.0 cm³/mol. The summed E-state index contributed by atoms with van der Waals surface area (Å²) >= 11 is 10.9. The van der Waals surface area contributed by atoms with Crippen LogP contribution in [-0.2, 0) is 4.79 Å². The number of nitrogens with one attached hydrogen (secondary N) is 3. The summed E-state index contributed by atoms with van der Waals surface area (Å²) in [7, 11) is 0. The molecule has 0 saturated carbocycles. The Morgan fingerprint density at radius 1 is 1.39 bits per heavy atom. The zero-order chi connectivity index (χ0) is 13.5. The number of carbonyl (C=O) groups is 1. The number of likely N-dealkylation sites (N-methyl/N-ethyl adjacent to an activating group) is 1. The fourth-order valence-corrected chi connectivity index (χ4v) is 1.71. The van der Waals surface area contributed by atoms with Crippen molar-refractivity contribution in [3.8, 4) is 0 Å². The van der Waals surface area contributed by atoms with E-state index < -0.39 is 0 Å². The van der Waals surface area contributed by atoms with Crippen LogP contribution in [0.15, 0.2) is 24.3 Å². The largest absolute Gasteiger partial charge is 0.355 e. The van der Waals surface area contributed by atoms with Gasteiger partial charge in [-0.05, 0) is 50.3 Å². The Bertz CT molecular complexity index is 422. The van der Waals surface area contributed by atoms with Gasteiger partial charge in [-0.1, -0.05) is 11.6 Å². The average molecular weight is 286 g/mol. The lowest BCUT2D eigenvalue weighted by Gasteiger charge is -2.16. The maximum Gasteiger partial charge on any atom is 0.242 e. The van der Waals surface area contributed by atoms with Crippen molar-refractivity contribution in [1.29, 1.82) is 0 Å². The van der Waals surface area contributed by atoms with Crippen molar-refractivity contribution in [2.24, 2.45) is 0 Å². The van der Waals surface area contributed by atoms with Gasteiger partial charge in [0.1, 0.15) is 6.04 Å². The highest BCUT2D eigenvalue weighted by Gasteiger charge is 2.12. The zero-order valence-corrected chi connectivity index (χ0v) is 11.9. The standard InChI is InChI=1S/C12H16ClN3OS/c1-3-14-11(17)8(2)15-12(18)16-10-6-4-9(13)5-7-10/h4-8H,3H2,1-2H3,(H,14,17)(H2,15,16,18)/t8-/m0/s1. The summed E-state index contributed by atoms with van der Waals surface area (Å²) in [6, 6.07) is 6.77. The van der Waals surface area contributed by atoms with Crippen LogP contribution in [0.3, 0.4) is 0 Å². The molecule has 0 aliphatic heterocycles. The first kappa shape index (κ1) is 14.7. The molecule has 1 aromatic rings. The normalized spacial score (nSPS) is 11.5. The van der Waals surface area contributed by atoms with Crippen LogP contribution in [0.1, 0.15) is 13.8 Å². The summed E-state index contributed by atoms with van der Waals surface area (Å²) in [5.74, 6) is -0.0854. The molecule has 3 N–H and O–H groups in total. The van der Waals surface area contributed by atoms with E-state index in [1.54, 1.807) is 19.1 Å². The van der Waals surface area contributed by atoms with Crippen molar-refractivity contribution in [3.05, 3.63) is 29.3 Å². The van der Waals surface area contributed by atoms with E-state index in [0.717, 1.165) is 5.69 Å². The Labute approximate surface area is 117 Å². The topological polar surface area (TPSA) is 53.2 Å². The molecule has 0 spiro atoms. The number of thiocarbonyl (C=S) groups is 1. The van der Waals surface area contributed by atoms with E-state index in [1.807, 2.05) is 19.1 Å². The molecule has 1 aromatic carbocycles. The molecule has 0 bridgehead atoms. The van der Waals surface area contributed by atoms with Gasteiger partial charge >= 0.3 is 0 Å². The van der Waals surface area contributed by atoms with E-state index in [9.17, 15) is 4.79 Å². The second kappa shape index (κ2) is 7.18. The highest BCUT2D eigenvalue weighted by atomic mass is 35.5. The number of benzene rings is 1. The molecule has 0 saturated heterocycles. The molecule has 0 fully saturated rings. The molecule has 1 atom stereocenters. The Morgan fingerprint density at radius 3 is 2.56 bits per heavy atom. The molecule has 4 nitrogen and oxygen atoms in total. The number of hydrogen-bond acceptors (Lipinski definition) is 2. The minimum absolute atomic E-state index is 0.0854. The van der Waals surface area contributed by atoms with Crippen molar-refractivity contribution in [3.63, 3.8) is 0 Å². The molecule has 0 aliphatic carbocycles. The second-order valence-electron chi connectivity index (χ2n) is 3.72. The van der Waals surface area contributed by atoms with E-state index >= 15 is 0 Å². The van der Waals surface area contributed by atoms with Crippen molar-refractivity contribution in [2.75, 3.05) is 11.9 Å². The second-order valence-corrected chi connectivity index (χ2v) is 4.57. The van der Waals surface area contributed by atoms with Gasteiger partial charge < -0.3 is 16.0 Å². The molecule has 0 aromatic heterocycles. The lowest BCUT2D eigenvalue weighted by molar-refractivity contribution is -0.122. The summed E-state index contributed by atoms with van der Waals surface area (Å²) in [6.45, 7) is 4.22. The SMILES string of the molecule is CCNC(=O)[C@H](C)NC(=S)Nc1ccc(Cl)cc1. The van der Waals surface area contributed by atoms with E-state index in [-0.39, 0.29) is 11.9 Å². The van der Waals surface area contributed by atoms with Crippen LogP contribution >= 0.6 is 23.8 Å². The maximum atomic E-state index is 11.5. The van der Waals surface area contributed by atoms with Crippen LogP contribution in [0, 0.1) is 0 Å². The van der Waals surface area contributed by atoms with Gasteiger partial charge in [0.05, 0.1) is 0 Å². The number of rotatable bonds is 4. The molecule has 0 radical (unpaired) electrons. The fourth-order valence-electron chi connectivity index (χ4n) is 1.29. The van der Waals surface area contributed by atoms with Crippen molar-refractivity contribution in [1.82, 2.24) is 10.6 Å². The van der Waals surface area contributed by atoms with Crippen molar-refractivity contribution in [2.45, 2.75) is 19.9 Å². The molecular formula is C12H16ClN3OS. The van der Waals surface area contributed by atoms with Crippen LogP contribution in [0.25, 0.3) is 0 Å². The number of carbonyl (C=O) groups excluding carboxylic acids is 1. The van der Waals surface area contributed by atoms with E-state index in [1.165, 1.54) is 0 Å². The number of amides is 1. The minimum atomic E-state index is -0.378. The Balaban J connectivity index is 2.46. The van der Waals surface area contributed by atoms with Gasteiger partial charge in [0, 0.05) is 17.3 Å².